The minimum Gasteiger partial charge on any atom is -0.341 e. The van der Waals surface area contributed by atoms with E-state index in [1.54, 1.807) is 0 Å². The van der Waals surface area contributed by atoms with E-state index in [4.69, 9.17) is 4.98 Å². The molecular weight excluding hydrogens is 364 g/mol. The number of aromatic amines is 1. The fourth-order valence-electron chi connectivity index (χ4n) is 4.21. The summed E-state index contributed by atoms with van der Waals surface area (Å²) in [6, 6.07) is 15.2. The molecule has 2 aliphatic rings. The van der Waals surface area contributed by atoms with E-state index in [2.05, 4.69) is 84.4 Å². The molecular formula is C23H25N4S. The molecule has 28 heavy (non-hydrogen) atoms. The molecule has 2 aromatic carbocycles. The molecule has 5 rings (SSSR count). The third-order valence-corrected chi connectivity index (χ3v) is 7.00. The van der Waals surface area contributed by atoms with Gasteiger partial charge in [-0.3, -0.25) is 5.01 Å². The molecule has 1 fully saturated rings. The van der Waals surface area contributed by atoms with Crippen molar-refractivity contribution in [3.8, 4) is 0 Å². The summed E-state index contributed by atoms with van der Waals surface area (Å²) in [5, 5.41) is 5.09. The van der Waals surface area contributed by atoms with Crippen LogP contribution in [0.1, 0.15) is 48.3 Å². The van der Waals surface area contributed by atoms with Crippen molar-refractivity contribution in [3.05, 3.63) is 71.2 Å². The number of hydrogen-bond acceptors (Lipinski definition) is 4. The van der Waals surface area contributed by atoms with E-state index in [-0.39, 0.29) is 6.04 Å². The highest BCUT2D eigenvalue weighted by molar-refractivity contribution is 8.09. The summed E-state index contributed by atoms with van der Waals surface area (Å²) < 4.78 is 0. The largest absolute Gasteiger partial charge is 0.341 e. The molecule has 4 nitrogen and oxygen atoms in total. The van der Waals surface area contributed by atoms with Crippen LogP contribution in [-0.2, 0) is 0 Å². The summed E-state index contributed by atoms with van der Waals surface area (Å²) in [7, 11) is 0. The van der Waals surface area contributed by atoms with Crippen LogP contribution in [0.25, 0.3) is 15.9 Å². The highest BCUT2D eigenvalue weighted by Crippen LogP contribution is 2.43. The summed E-state index contributed by atoms with van der Waals surface area (Å²) in [6.07, 6.45) is 5.95. The number of H-pyrrole nitrogens is 1. The molecule has 1 saturated heterocycles. The topological polar surface area (TPSA) is 35.2 Å². The molecule has 0 spiro atoms. The molecule has 5 heteroatoms. The van der Waals surface area contributed by atoms with Crippen molar-refractivity contribution < 1.29 is 0 Å². The van der Waals surface area contributed by atoms with Crippen molar-refractivity contribution in [2.45, 2.75) is 45.0 Å². The van der Waals surface area contributed by atoms with Gasteiger partial charge in [-0.15, -0.1) is 0 Å². The molecule has 143 valence electrons. The minimum atomic E-state index is 0.276. The Labute approximate surface area is 170 Å². The first kappa shape index (κ1) is 17.8. The zero-order valence-electron chi connectivity index (χ0n) is 16.6. The van der Waals surface area contributed by atoms with E-state index >= 15 is 0 Å². The number of nitrogens with zero attached hydrogens (tertiary/aromatic N) is 3. The van der Waals surface area contributed by atoms with Gasteiger partial charge in [-0.05, 0) is 56.4 Å². The van der Waals surface area contributed by atoms with Gasteiger partial charge in [-0.2, -0.15) is 0 Å². The van der Waals surface area contributed by atoms with Gasteiger partial charge < -0.3 is 4.98 Å². The molecule has 2 unspecified atom stereocenters. The Hall–Kier alpha value is -2.24. The van der Waals surface area contributed by atoms with Crippen molar-refractivity contribution in [2.24, 2.45) is 0 Å². The second-order valence-electron chi connectivity index (χ2n) is 7.72. The Morgan fingerprint density at radius 2 is 1.96 bits per heavy atom. The lowest BCUT2D eigenvalue weighted by Gasteiger charge is -2.34. The smallest absolute Gasteiger partial charge is 0.126 e. The third-order valence-electron chi connectivity index (χ3n) is 5.90. The van der Waals surface area contributed by atoms with Gasteiger partial charge in [-0.1, -0.05) is 48.2 Å². The normalized spacial score (nSPS) is 23.0. The molecule has 1 aromatic heterocycles. The maximum atomic E-state index is 5.01. The van der Waals surface area contributed by atoms with Gasteiger partial charge in [0.1, 0.15) is 5.82 Å². The summed E-state index contributed by atoms with van der Waals surface area (Å²) in [4.78, 5) is 9.83. The second kappa shape index (κ2) is 6.98. The van der Waals surface area contributed by atoms with Gasteiger partial charge in [0.05, 0.1) is 28.6 Å². The van der Waals surface area contributed by atoms with Crippen LogP contribution in [0.4, 0.5) is 0 Å². The number of thioether (sulfide) groups is 1. The first-order valence-electron chi connectivity index (χ1n) is 9.99. The van der Waals surface area contributed by atoms with Crippen LogP contribution < -0.4 is 0 Å². The van der Waals surface area contributed by atoms with Crippen molar-refractivity contribution in [1.82, 2.24) is 20.0 Å². The Kier molecular flexibility index (Phi) is 4.44. The zero-order chi connectivity index (χ0) is 19.3. The average molecular weight is 390 g/mol. The molecule has 3 aromatic rings. The van der Waals surface area contributed by atoms with Crippen molar-refractivity contribution >= 4 is 27.7 Å². The van der Waals surface area contributed by atoms with E-state index in [0.29, 0.717) is 5.37 Å². The van der Waals surface area contributed by atoms with E-state index in [1.165, 1.54) is 28.0 Å². The molecule has 2 atom stereocenters. The maximum absolute atomic E-state index is 5.01. The standard InChI is InChI=1S/C23H25N4S/c1-15-11-12-19-22(16(15)2)25-23(24-19)20-10-7-13-26(20)27-14-21(28-17(27)3)18-8-5-4-6-9-18/h4-6,8-9,11-12,17,20H,7,10,13H2,1-3H3,(H,24,25). The van der Waals surface area contributed by atoms with Gasteiger partial charge in [0.15, 0.2) is 0 Å². The van der Waals surface area contributed by atoms with Crippen LogP contribution in [0.3, 0.4) is 0 Å². The summed E-state index contributed by atoms with van der Waals surface area (Å²) in [5.41, 5.74) is 6.05. The molecule has 1 radical (unpaired) electrons. The average Bonchev–Trinajstić information content (AvgIpc) is 3.43. The molecule has 0 bridgehead atoms. The number of nitrogens with one attached hydrogen (secondary N) is 1. The number of fused-ring (bicyclic) bond motifs is 1. The maximum Gasteiger partial charge on any atom is 0.126 e. The second-order valence-corrected chi connectivity index (χ2v) is 9.04. The van der Waals surface area contributed by atoms with E-state index in [9.17, 15) is 0 Å². The highest BCUT2D eigenvalue weighted by Gasteiger charge is 2.37. The van der Waals surface area contributed by atoms with Gasteiger partial charge in [0, 0.05) is 11.4 Å². The number of imidazole rings is 1. The molecule has 2 aliphatic heterocycles. The monoisotopic (exact) mass is 389 g/mol. The fourth-order valence-corrected chi connectivity index (χ4v) is 5.25. The Bertz CT molecular complexity index is 1040. The first-order valence-corrected chi connectivity index (χ1v) is 10.9. The lowest BCUT2D eigenvalue weighted by Crippen LogP contribution is -2.41. The van der Waals surface area contributed by atoms with Gasteiger partial charge >= 0.3 is 0 Å². The Balaban J connectivity index is 1.47. The van der Waals surface area contributed by atoms with Crippen LogP contribution in [0.5, 0.6) is 0 Å². The number of benzene rings is 2. The zero-order valence-corrected chi connectivity index (χ0v) is 17.4. The Morgan fingerprint density at radius 3 is 2.79 bits per heavy atom. The lowest BCUT2D eigenvalue weighted by atomic mass is 10.1. The van der Waals surface area contributed by atoms with Crippen molar-refractivity contribution in [2.75, 3.05) is 6.54 Å². The van der Waals surface area contributed by atoms with Crippen LogP contribution in [0.15, 0.2) is 42.5 Å². The highest BCUT2D eigenvalue weighted by atomic mass is 32.2. The van der Waals surface area contributed by atoms with Crippen LogP contribution in [-0.4, -0.2) is 31.9 Å². The number of hydrogen-bond donors (Lipinski definition) is 1. The molecule has 0 saturated carbocycles. The number of aromatic nitrogens is 2. The molecule has 0 amide bonds. The quantitative estimate of drug-likeness (QED) is 0.648. The fraction of sp³-hybridized carbons (Fsp3) is 0.348. The number of hydrazine groups is 1. The van der Waals surface area contributed by atoms with E-state index in [1.807, 2.05) is 11.8 Å². The summed E-state index contributed by atoms with van der Waals surface area (Å²) in [5.74, 6) is 1.08. The molecule has 0 aliphatic carbocycles. The SMILES string of the molecule is Cc1ccc2[nH]c(C3CCCN3N3[C]=C(c4ccccc4)SC3C)nc2c1C. The first-order chi connectivity index (χ1) is 13.6. The minimum absolute atomic E-state index is 0.276. The van der Waals surface area contributed by atoms with E-state index in [0.717, 1.165) is 29.8 Å². The summed E-state index contributed by atoms with van der Waals surface area (Å²) >= 11 is 1.88. The van der Waals surface area contributed by atoms with Crippen molar-refractivity contribution in [3.63, 3.8) is 0 Å². The summed E-state index contributed by atoms with van der Waals surface area (Å²) in [6.45, 7) is 7.62. The van der Waals surface area contributed by atoms with Gasteiger partial charge in [0.2, 0.25) is 0 Å². The van der Waals surface area contributed by atoms with Crippen LogP contribution in [0.2, 0.25) is 0 Å². The van der Waals surface area contributed by atoms with Crippen LogP contribution in [0, 0.1) is 20.0 Å². The predicted octanol–water partition coefficient (Wildman–Crippen LogP) is 5.43. The van der Waals surface area contributed by atoms with E-state index < -0.39 is 0 Å². The van der Waals surface area contributed by atoms with Gasteiger partial charge in [-0.25, -0.2) is 9.99 Å². The van der Waals surface area contributed by atoms with Gasteiger partial charge in [0.25, 0.3) is 0 Å². The third kappa shape index (κ3) is 2.93. The molecule has 3 heterocycles. The lowest BCUT2D eigenvalue weighted by molar-refractivity contribution is -0.00548. The predicted molar refractivity (Wildman–Crippen MR) is 116 cm³/mol. The molecule has 1 N–H and O–H groups in total. The van der Waals surface area contributed by atoms with Crippen molar-refractivity contribution in [1.29, 1.82) is 0 Å². The van der Waals surface area contributed by atoms with Crippen LogP contribution >= 0.6 is 11.8 Å². The Morgan fingerprint density at radius 1 is 1.14 bits per heavy atom. The number of rotatable bonds is 3. The number of aryl methyl sites for hydroxylation is 2.